The maximum atomic E-state index is 11.8. The number of carbonyl (C=O) groups is 1. The number of cyclic esters (lactones) is 1. The van der Waals surface area contributed by atoms with Gasteiger partial charge >= 0.3 is 5.97 Å². The van der Waals surface area contributed by atoms with Crippen LogP contribution in [-0.2, 0) is 9.53 Å². The molecule has 1 aromatic carbocycles. The lowest BCUT2D eigenvalue weighted by Crippen LogP contribution is -2.35. The summed E-state index contributed by atoms with van der Waals surface area (Å²) in [4.78, 5) is 16.2. The summed E-state index contributed by atoms with van der Waals surface area (Å²) in [6, 6.07) is 9.49. The predicted octanol–water partition coefficient (Wildman–Crippen LogP) is 2.40. The van der Waals surface area contributed by atoms with Crippen molar-refractivity contribution in [3.8, 4) is 0 Å². The first-order chi connectivity index (χ1) is 7.54. The van der Waals surface area contributed by atoms with Crippen molar-refractivity contribution >= 4 is 11.9 Å². The minimum atomic E-state index is -0.745. The van der Waals surface area contributed by atoms with Gasteiger partial charge in [0.2, 0.25) is 5.90 Å². The van der Waals surface area contributed by atoms with Crippen LogP contribution in [0.5, 0.6) is 0 Å². The molecule has 3 nitrogen and oxygen atoms in total. The molecule has 84 valence electrons. The lowest BCUT2D eigenvalue weighted by Gasteiger charge is -2.19. The van der Waals surface area contributed by atoms with Crippen molar-refractivity contribution in [1.82, 2.24) is 0 Å². The van der Waals surface area contributed by atoms with Crippen molar-refractivity contribution in [3.63, 3.8) is 0 Å². The summed E-state index contributed by atoms with van der Waals surface area (Å²) in [5.41, 5.74) is 0.103. The Morgan fingerprint density at radius 3 is 2.38 bits per heavy atom. The van der Waals surface area contributed by atoms with Crippen molar-refractivity contribution in [2.24, 2.45) is 10.9 Å². The summed E-state index contributed by atoms with van der Waals surface area (Å²) in [5, 5.41) is 0. The second-order valence-corrected chi connectivity index (χ2v) is 4.47. The van der Waals surface area contributed by atoms with E-state index in [0.29, 0.717) is 5.90 Å². The molecule has 0 spiro atoms. The molecule has 0 saturated carbocycles. The van der Waals surface area contributed by atoms with E-state index in [9.17, 15) is 4.79 Å². The van der Waals surface area contributed by atoms with Crippen molar-refractivity contribution in [2.75, 3.05) is 0 Å². The molecular formula is C13H15NO2. The van der Waals surface area contributed by atoms with Gasteiger partial charge in [-0.15, -0.1) is 0 Å². The largest absolute Gasteiger partial charge is 0.405 e. The first kappa shape index (κ1) is 10.9. The molecule has 0 saturated heterocycles. The normalized spacial score (nSPS) is 24.5. The molecule has 0 aliphatic carbocycles. The fourth-order valence-electron chi connectivity index (χ4n) is 1.54. The number of rotatable bonds is 2. The lowest BCUT2D eigenvalue weighted by molar-refractivity contribution is -0.139. The number of hydrogen-bond acceptors (Lipinski definition) is 3. The Bertz CT molecular complexity index is 437. The summed E-state index contributed by atoms with van der Waals surface area (Å²) >= 11 is 0. The van der Waals surface area contributed by atoms with E-state index in [1.54, 1.807) is 0 Å². The molecule has 1 unspecified atom stereocenters. The molecule has 1 atom stereocenters. The Balaban J connectivity index is 2.37. The van der Waals surface area contributed by atoms with Crippen molar-refractivity contribution < 1.29 is 9.53 Å². The van der Waals surface area contributed by atoms with Crippen LogP contribution in [0.2, 0.25) is 0 Å². The van der Waals surface area contributed by atoms with Crippen molar-refractivity contribution in [2.45, 2.75) is 26.3 Å². The summed E-state index contributed by atoms with van der Waals surface area (Å²) < 4.78 is 5.24. The molecule has 1 heterocycles. The number of hydrogen-bond donors (Lipinski definition) is 0. The third-order valence-corrected chi connectivity index (χ3v) is 3.08. The van der Waals surface area contributed by atoms with Gasteiger partial charge in [-0.1, -0.05) is 32.0 Å². The fourth-order valence-corrected chi connectivity index (χ4v) is 1.54. The standard InChI is InChI=1S/C13H15NO2/c1-9(2)13(3)12(15)16-11(14-13)10-7-5-4-6-8-10/h4-9H,1-3H3. The van der Waals surface area contributed by atoms with Gasteiger partial charge in [0.1, 0.15) is 0 Å². The maximum absolute atomic E-state index is 11.8. The zero-order chi connectivity index (χ0) is 11.8. The second kappa shape index (κ2) is 3.74. The smallest absolute Gasteiger partial charge is 0.340 e. The van der Waals surface area contributed by atoms with Crippen LogP contribution in [0.3, 0.4) is 0 Å². The average Bonchev–Trinajstić information content (AvgIpc) is 2.58. The van der Waals surface area contributed by atoms with Gasteiger partial charge in [0.25, 0.3) is 0 Å². The minimum Gasteiger partial charge on any atom is -0.405 e. The second-order valence-electron chi connectivity index (χ2n) is 4.47. The summed E-state index contributed by atoms with van der Waals surface area (Å²) in [7, 11) is 0. The number of ether oxygens (including phenoxy) is 1. The van der Waals surface area contributed by atoms with Crippen LogP contribution in [0.1, 0.15) is 26.3 Å². The zero-order valence-corrected chi connectivity index (χ0v) is 9.73. The van der Waals surface area contributed by atoms with E-state index in [4.69, 9.17) is 4.74 Å². The molecule has 1 aromatic rings. The summed E-state index contributed by atoms with van der Waals surface area (Å²) in [6.07, 6.45) is 0. The molecule has 1 aliphatic rings. The van der Waals surface area contributed by atoms with E-state index in [1.807, 2.05) is 51.1 Å². The van der Waals surface area contributed by atoms with Gasteiger partial charge in [0, 0.05) is 5.56 Å². The molecule has 0 radical (unpaired) electrons. The molecule has 0 bridgehead atoms. The molecule has 1 aliphatic heterocycles. The summed E-state index contributed by atoms with van der Waals surface area (Å²) in [5.74, 6) is 0.296. The number of carbonyl (C=O) groups excluding carboxylic acids is 1. The minimum absolute atomic E-state index is 0.126. The highest BCUT2D eigenvalue weighted by atomic mass is 16.6. The van der Waals surface area contributed by atoms with Crippen LogP contribution < -0.4 is 0 Å². The molecule has 2 rings (SSSR count). The number of benzene rings is 1. The Morgan fingerprint density at radius 2 is 1.88 bits per heavy atom. The van der Waals surface area contributed by atoms with E-state index in [1.165, 1.54) is 0 Å². The third kappa shape index (κ3) is 1.62. The third-order valence-electron chi connectivity index (χ3n) is 3.08. The quantitative estimate of drug-likeness (QED) is 0.713. The van der Waals surface area contributed by atoms with Crippen LogP contribution in [0.15, 0.2) is 35.3 Å². The molecule has 0 aromatic heterocycles. The van der Waals surface area contributed by atoms with Crippen LogP contribution in [0.25, 0.3) is 0 Å². The van der Waals surface area contributed by atoms with Gasteiger partial charge in [0.05, 0.1) is 0 Å². The Labute approximate surface area is 95.2 Å². The molecule has 0 fully saturated rings. The molecular weight excluding hydrogens is 202 g/mol. The number of esters is 1. The van der Waals surface area contributed by atoms with E-state index >= 15 is 0 Å². The van der Waals surface area contributed by atoms with Gasteiger partial charge in [-0.05, 0) is 25.0 Å². The lowest BCUT2D eigenvalue weighted by atomic mass is 9.90. The SMILES string of the molecule is CC(C)C1(C)N=C(c2ccccc2)OC1=O. The number of nitrogens with zero attached hydrogens (tertiary/aromatic N) is 1. The topological polar surface area (TPSA) is 38.7 Å². The van der Waals surface area contributed by atoms with Gasteiger partial charge in [-0.3, -0.25) is 0 Å². The highest BCUT2D eigenvalue weighted by Crippen LogP contribution is 2.29. The van der Waals surface area contributed by atoms with Gasteiger partial charge in [-0.2, -0.15) is 0 Å². The first-order valence-electron chi connectivity index (χ1n) is 5.41. The van der Waals surface area contributed by atoms with Crippen LogP contribution in [-0.4, -0.2) is 17.4 Å². The highest BCUT2D eigenvalue weighted by molar-refractivity contribution is 6.07. The zero-order valence-electron chi connectivity index (χ0n) is 9.73. The van der Waals surface area contributed by atoms with E-state index in [2.05, 4.69) is 4.99 Å². The fraction of sp³-hybridized carbons (Fsp3) is 0.385. The van der Waals surface area contributed by atoms with E-state index < -0.39 is 5.54 Å². The van der Waals surface area contributed by atoms with Crippen LogP contribution in [0.4, 0.5) is 0 Å². The molecule has 0 amide bonds. The van der Waals surface area contributed by atoms with Crippen LogP contribution in [0, 0.1) is 5.92 Å². The Morgan fingerprint density at radius 1 is 1.25 bits per heavy atom. The monoisotopic (exact) mass is 217 g/mol. The predicted molar refractivity (Wildman–Crippen MR) is 62.3 cm³/mol. The number of aliphatic imine (C=N–C) groups is 1. The first-order valence-corrected chi connectivity index (χ1v) is 5.41. The van der Waals surface area contributed by atoms with E-state index in [0.717, 1.165) is 5.56 Å². The van der Waals surface area contributed by atoms with Crippen molar-refractivity contribution in [3.05, 3.63) is 35.9 Å². The molecule has 16 heavy (non-hydrogen) atoms. The van der Waals surface area contributed by atoms with Crippen molar-refractivity contribution in [1.29, 1.82) is 0 Å². The van der Waals surface area contributed by atoms with Gasteiger partial charge in [-0.25, -0.2) is 9.79 Å². The van der Waals surface area contributed by atoms with Crippen LogP contribution >= 0.6 is 0 Å². The van der Waals surface area contributed by atoms with Gasteiger partial charge < -0.3 is 4.74 Å². The summed E-state index contributed by atoms with van der Waals surface area (Å²) in [6.45, 7) is 5.76. The maximum Gasteiger partial charge on any atom is 0.340 e. The van der Waals surface area contributed by atoms with E-state index in [-0.39, 0.29) is 11.9 Å². The Kier molecular flexibility index (Phi) is 2.54. The molecule has 3 heteroatoms. The molecule has 0 N–H and O–H groups in total. The average molecular weight is 217 g/mol. The Hall–Kier alpha value is -1.64. The highest BCUT2D eigenvalue weighted by Gasteiger charge is 2.44. The van der Waals surface area contributed by atoms with Gasteiger partial charge in [0.15, 0.2) is 5.54 Å².